The molecule has 1 heterocycles. The first-order valence-corrected chi connectivity index (χ1v) is 9.06. The Labute approximate surface area is 136 Å². The summed E-state index contributed by atoms with van der Waals surface area (Å²) < 4.78 is 0. The van der Waals surface area contributed by atoms with Gasteiger partial charge in [-0.1, -0.05) is 20.3 Å². The SMILES string of the molecule is CC1(C)CCc2sc([C@@H]3CCC[C@@H]3CNN)c(C(=O)O)c2C1. The average Bonchev–Trinajstić information content (AvgIpc) is 3.01. The zero-order chi connectivity index (χ0) is 15.9. The molecule has 4 nitrogen and oxygen atoms in total. The summed E-state index contributed by atoms with van der Waals surface area (Å²) in [5.41, 5.74) is 4.75. The molecule has 0 spiro atoms. The number of hydrazine groups is 1. The standard InChI is InChI=1S/C17H26N2O2S/c1-17(2)7-6-13-12(8-17)14(16(20)21)15(22-13)11-5-3-4-10(11)9-19-18/h10-11,19H,3-9,18H2,1-2H3,(H,20,21)/t10-,11-/m1/s1. The van der Waals surface area contributed by atoms with Crippen molar-refractivity contribution in [3.8, 4) is 0 Å². The smallest absolute Gasteiger partial charge is 0.337 e. The highest BCUT2D eigenvalue weighted by atomic mass is 32.1. The van der Waals surface area contributed by atoms with Crippen molar-refractivity contribution in [2.24, 2.45) is 17.2 Å². The van der Waals surface area contributed by atoms with E-state index in [1.807, 2.05) is 0 Å². The predicted molar refractivity (Wildman–Crippen MR) is 89.4 cm³/mol. The van der Waals surface area contributed by atoms with E-state index in [9.17, 15) is 9.90 Å². The van der Waals surface area contributed by atoms with Crippen molar-refractivity contribution in [2.75, 3.05) is 6.54 Å². The molecule has 0 unspecified atom stereocenters. The van der Waals surface area contributed by atoms with Gasteiger partial charge in [-0.2, -0.15) is 0 Å². The number of fused-ring (bicyclic) bond motifs is 1. The molecule has 2 atom stereocenters. The van der Waals surface area contributed by atoms with Crippen LogP contribution in [0, 0.1) is 11.3 Å². The number of nitrogens with two attached hydrogens (primary N) is 1. The quantitative estimate of drug-likeness (QED) is 0.587. The van der Waals surface area contributed by atoms with E-state index < -0.39 is 5.97 Å². The molecular weight excluding hydrogens is 296 g/mol. The lowest BCUT2D eigenvalue weighted by atomic mass is 9.75. The van der Waals surface area contributed by atoms with E-state index in [2.05, 4.69) is 19.3 Å². The van der Waals surface area contributed by atoms with Crippen LogP contribution in [-0.2, 0) is 12.8 Å². The van der Waals surface area contributed by atoms with E-state index in [0.29, 0.717) is 17.4 Å². The van der Waals surface area contributed by atoms with Crippen molar-refractivity contribution in [3.05, 3.63) is 20.9 Å². The van der Waals surface area contributed by atoms with E-state index in [1.54, 1.807) is 11.3 Å². The molecule has 0 bridgehead atoms. The second-order valence-electron chi connectivity index (χ2n) is 7.59. The number of hydrogen-bond donors (Lipinski definition) is 3. The van der Waals surface area contributed by atoms with Crippen LogP contribution in [0.15, 0.2) is 0 Å². The van der Waals surface area contributed by atoms with Crippen molar-refractivity contribution >= 4 is 17.3 Å². The minimum Gasteiger partial charge on any atom is -0.478 e. The second-order valence-corrected chi connectivity index (χ2v) is 8.73. The Bertz CT molecular complexity index is 579. The van der Waals surface area contributed by atoms with E-state index >= 15 is 0 Å². The highest BCUT2D eigenvalue weighted by Crippen LogP contribution is 2.48. The molecule has 2 aliphatic rings. The fourth-order valence-corrected chi connectivity index (χ4v) is 5.76. The zero-order valence-electron chi connectivity index (χ0n) is 13.4. The van der Waals surface area contributed by atoms with Crippen LogP contribution in [0.25, 0.3) is 0 Å². The molecule has 0 aliphatic heterocycles. The average molecular weight is 322 g/mol. The molecule has 0 saturated heterocycles. The number of aryl methyl sites for hydroxylation is 1. The van der Waals surface area contributed by atoms with Gasteiger partial charge in [0.15, 0.2) is 0 Å². The number of rotatable bonds is 4. The number of thiophene rings is 1. The first-order valence-electron chi connectivity index (χ1n) is 8.24. The van der Waals surface area contributed by atoms with Gasteiger partial charge in [0.25, 0.3) is 0 Å². The lowest BCUT2D eigenvalue weighted by molar-refractivity contribution is 0.0693. The van der Waals surface area contributed by atoms with E-state index in [-0.39, 0.29) is 5.41 Å². The van der Waals surface area contributed by atoms with Crippen LogP contribution in [0.3, 0.4) is 0 Å². The van der Waals surface area contributed by atoms with Gasteiger partial charge in [-0.15, -0.1) is 11.3 Å². The van der Waals surface area contributed by atoms with Gasteiger partial charge >= 0.3 is 5.97 Å². The Hall–Kier alpha value is -0.910. The van der Waals surface area contributed by atoms with Crippen molar-refractivity contribution in [3.63, 3.8) is 0 Å². The first-order chi connectivity index (χ1) is 10.4. The Morgan fingerprint density at radius 2 is 2.23 bits per heavy atom. The molecule has 3 rings (SSSR count). The fraction of sp³-hybridized carbons (Fsp3) is 0.706. The highest BCUT2D eigenvalue weighted by Gasteiger charge is 2.38. The molecule has 1 fully saturated rings. The lowest BCUT2D eigenvalue weighted by Gasteiger charge is -2.29. The summed E-state index contributed by atoms with van der Waals surface area (Å²) in [6.07, 6.45) is 6.48. The molecule has 0 amide bonds. The maximum absolute atomic E-state index is 12.0. The topological polar surface area (TPSA) is 75.3 Å². The molecule has 1 saturated carbocycles. The van der Waals surface area contributed by atoms with Crippen LogP contribution < -0.4 is 11.3 Å². The van der Waals surface area contributed by atoms with Gasteiger partial charge in [-0.25, -0.2) is 4.79 Å². The molecule has 5 heteroatoms. The van der Waals surface area contributed by atoms with Gasteiger partial charge < -0.3 is 5.11 Å². The molecular formula is C17H26N2O2S. The minimum absolute atomic E-state index is 0.212. The van der Waals surface area contributed by atoms with Gasteiger partial charge in [0.2, 0.25) is 0 Å². The summed E-state index contributed by atoms with van der Waals surface area (Å²) in [6.45, 7) is 5.27. The van der Waals surface area contributed by atoms with Crippen LogP contribution >= 0.6 is 11.3 Å². The van der Waals surface area contributed by atoms with Gasteiger partial charge in [-0.05, 0) is 54.9 Å². The van der Waals surface area contributed by atoms with E-state index in [0.717, 1.165) is 49.1 Å². The van der Waals surface area contributed by atoms with Crippen LogP contribution in [0.4, 0.5) is 0 Å². The number of aromatic carboxylic acids is 1. The summed E-state index contributed by atoms with van der Waals surface area (Å²) in [6, 6.07) is 0. The van der Waals surface area contributed by atoms with Gasteiger partial charge in [-0.3, -0.25) is 11.3 Å². The molecule has 122 valence electrons. The third kappa shape index (κ3) is 2.82. The number of carbonyl (C=O) groups is 1. The molecule has 22 heavy (non-hydrogen) atoms. The Kier molecular flexibility index (Phi) is 4.32. The molecule has 2 aliphatic carbocycles. The summed E-state index contributed by atoms with van der Waals surface area (Å²) in [5, 5.41) is 9.82. The summed E-state index contributed by atoms with van der Waals surface area (Å²) in [7, 11) is 0. The van der Waals surface area contributed by atoms with E-state index in [4.69, 9.17) is 5.84 Å². The normalized spacial score (nSPS) is 26.9. The molecule has 0 aromatic carbocycles. The monoisotopic (exact) mass is 322 g/mol. The summed E-state index contributed by atoms with van der Waals surface area (Å²) in [5.74, 6) is 5.61. The van der Waals surface area contributed by atoms with Gasteiger partial charge in [0, 0.05) is 16.3 Å². The minimum atomic E-state index is -0.739. The van der Waals surface area contributed by atoms with Crippen molar-refractivity contribution in [1.82, 2.24) is 5.43 Å². The fourth-order valence-electron chi connectivity index (χ4n) is 4.21. The van der Waals surface area contributed by atoms with Crippen LogP contribution in [-0.4, -0.2) is 17.6 Å². The number of nitrogens with one attached hydrogen (secondary N) is 1. The van der Waals surface area contributed by atoms with Gasteiger partial charge in [0.05, 0.1) is 5.56 Å². The number of carboxylic acids is 1. The van der Waals surface area contributed by atoms with Gasteiger partial charge in [0.1, 0.15) is 0 Å². The number of hydrogen-bond acceptors (Lipinski definition) is 4. The highest BCUT2D eigenvalue weighted by molar-refractivity contribution is 7.12. The molecule has 4 N–H and O–H groups in total. The molecule has 1 aromatic rings. The molecule has 0 radical (unpaired) electrons. The summed E-state index contributed by atoms with van der Waals surface area (Å²) in [4.78, 5) is 14.4. The summed E-state index contributed by atoms with van der Waals surface area (Å²) >= 11 is 1.77. The third-order valence-corrected chi connectivity index (χ3v) is 6.82. The van der Waals surface area contributed by atoms with Crippen molar-refractivity contribution in [1.29, 1.82) is 0 Å². The van der Waals surface area contributed by atoms with Crippen LogP contribution in [0.5, 0.6) is 0 Å². The maximum atomic E-state index is 12.0. The lowest BCUT2D eigenvalue weighted by Crippen LogP contribution is -2.30. The van der Waals surface area contributed by atoms with Crippen molar-refractivity contribution in [2.45, 2.75) is 58.3 Å². The largest absolute Gasteiger partial charge is 0.478 e. The zero-order valence-corrected chi connectivity index (χ0v) is 14.3. The number of carboxylic acid groups (broad SMARTS) is 1. The van der Waals surface area contributed by atoms with Crippen LogP contribution in [0.2, 0.25) is 0 Å². The predicted octanol–water partition coefficient (Wildman–Crippen LogP) is 3.31. The Morgan fingerprint density at radius 3 is 2.91 bits per heavy atom. The Morgan fingerprint density at radius 1 is 1.45 bits per heavy atom. The second kappa shape index (κ2) is 5.95. The third-order valence-electron chi connectivity index (χ3n) is 5.39. The maximum Gasteiger partial charge on any atom is 0.337 e. The Balaban J connectivity index is 2.02. The van der Waals surface area contributed by atoms with Crippen molar-refractivity contribution < 1.29 is 9.90 Å². The first kappa shape index (κ1) is 16.0. The molecule has 1 aromatic heterocycles. The van der Waals surface area contributed by atoms with Crippen LogP contribution in [0.1, 0.15) is 71.1 Å². The van der Waals surface area contributed by atoms with E-state index in [1.165, 1.54) is 11.3 Å².